The molecule has 1 heterocycles. The van der Waals surface area contributed by atoms with E-state index >= 15 is 0 Å². The summed E-state index contributed by atoms with van der Waals surface area (Å²) in [5.74, 6) is 3.96. The highest BCUT2D eigenvalue weighted by atomic mass is 16.5. The Labute approximate surface area is 125 Å². The van der Waals surface area contributed by atoms with Gasteiger partial charge in [0.2, 0.25) is 0 Å². The van der Waals surface area contributed by atoms with E-state index in [0.29, 0.717) is 5.41 Å². The highest BCUT2D eigenvalue weighted by Gasteiger charge is 2.44. The van der Waals surface area contributed by atoms with Crippen LogP contribution in [0.2, 0.25) is 0 Å². The van der Waals surface area contributed by atoms with Gasteiger partial charge in [-0.1, -0.05) is 20.3 Å². The van der Waals surface area contributed by atoms with Gasteiger partial charge in [-0.25, -0.2) is 0 Å². The van der Waals surface area contributed by atoms with Crippen molar-refractivity contribution in [3.8, 4) is 0 Å². The highest BCUT2D eigenvalue weighted by Crippen LogP contribution is 2.53. The Bertz CT molecular complexity index is 309. The molecule has 2 bridgehead atoms. The quantitative estimate of drug-likeness (QED) is 0.797. The summed E-state index contributed by atoms with van der Waals surface area (Å²) in [4.78, 5) is 0. The first-order valence-corrected chi connectivity index (χ1v) is 8.95. The molecule has 3 unspecified atom stereocenters. The van der Waals surface area contributed by atoms with E-state index in [9.17, 15) is 0 Å². The average molecular weight is 279 g/mol. The Morgan fingerprint density at radius 1 is 1.15 bits per heavy atom. The van der Waals surface area contributed by atoms with Crippen molar-refractivity contribution in [1.29, 1.82) is 0 Å². The molecule has 3 fully saturated rings. The predicted octanol–water partition coefficient (Wildman–Crippen LogP) is 3.86. The molecule has 0 aromatic carbocycles. The molecule has 2 aliphatic carbocycles. The topological polar surface area (TPSA) is 21.3 Å². The molecule has 2 saturated carbocycles. The standard InChI is InChI=1S/C18H33NO/c1-14(2)12-19-13-18(5-7-20-8-6-18)11-17-10-15-3-4-16(17)9-15/h14-17,19H,3-13H2,1-2H3. The van der Waals surface area contributed by atoms with E-state index < -0.39 is 0 Å². The van der Waals surface area contributed by atoms with Crippen molar-refractivity contribution < 1.29 is 4.74 Å². The first-order valence-electron chi connectivity index (χ1n) is 8.95. The fourth-order valence-corrected chi connectivity index (χ4v) is 5.07. The summed E-state index contributed by atoms with van der Waals surface area (Å²) < 4.78 is 5.65. The predicted molar refractivity (Wildman–Crippen MR) is 83.7 cm³/mol. The van der Waals surface area contributed by atoms with Gasteiger partial charge in [-0.2, -0.15) is 0 Å². The van der Waals surface area contributed by atoms with Crippen molar-refractivity contribution >= 4 is 0 Å². The minimum atomic E-state index is 0.544. The first-order chi connectivity index (χ1) is 9.67. The van der Waals surface area contributed by atoms with Gasteiger partial charge in [0, 0.05) is 19.8 Å². The van der Waals surface area contributed by atoms with E-state index in [-0.39, 0.29) is 0 Å². The summed E-state index contributed by atoms with van der Waals surface area (Å²) in [7, 11) is 0. The zero-order valence-corrected chi connectivity index (χ0v) is 13.5. The van der Waals surface area contributed by atoms with Crippen molar-refractivity contribution in [2.45, 2.75) is 58.8 Å². The van der Waals surface area contributed by atoms with E-state index in [2.05, 4.69) is 19.2 Å². The Kier molecular flexibility index (Phi) is 4.72. The summed E-state index contributed by atoms with van der Waals surface area (Å²) in [6.07, 6.45) is 10.2. The number of rotatable bonds is 6. The van der Waals surface area contributed by atoms with E-state index in [4.69, 9.17) is 4.74 Å². The third-order valence-corrected chi connectivity index (χ3v) is 6.19. The molecule has 0 aromatic rings. The van der Waals surface area contributed by atoms with E-state index in [1.54, 1.807) is 6.42 Å². The summed E-state index contributed by atoms with van der Waals surface area (Å²) in [6, 6.07) is 0. The molecule has 2 nitrogen and oxygen atoms in total. The van der Waals surface area contributed by atoms with Crippen LogP contribution in [0, 0.1) is 29.1 Å². The molecule has 116 valence electrons. The molecule has 1 saturated heterocycles. The number of ether oxygens (including phenoxy) is 1. The lowest BCUT2D eigenvalue weighted by atomic mass is 9.70. The molecule has 3 atom stereocenters. The van der Waals surface area contributed by atoms with Gasteiger partial charge >= 0.3 is 0 Å². The number of hydrogen-bond acceptors (Lipinski definition) is 2. The molecule has 0 radical (unpaired) electrons. The monoisotopic (exact) mass is 279 g/mol. The Morgan fingerprint density at radius 2 is 1.95 bits per heavy atom. The van der Waals surface area contributed by atoms with E-state index in [1.807, 2.05) is 0 Å². The minimum absolute atomic E-state index is 0.544. The lowest BCUT2D eigenvalue weighted by molar-refractivity contribution is -0.00270. The second kappa shape index (κ2) is 6.36. The number of fused-ring (bicyclic) bond motifs is 2. The molecular formula is C18H33NO. The average Bonchev–Trinajstić information content (AvgIpc) is 3.01. The van der Waals surface area contributed by atoms with Crippen LogP contribution in [0.25, 0.3) is 0 Å². The van der Waals surface area contributed by atoms with Gasteiger partial charge in [0.05, 0.1) is 0 Å². The Balaban J connectivity index is 1.57. The lowest BCUT2D eigenvalue weighted by Crippen LogP contribution is -2.42. The fraction of sp³-hybridized carbons (Fsp3) is 1.00. The van der Waals surface area contributed by atoms with Crippen molar-refractivity contribution in [2.75, 3.05) is 26.3 Å². The van der Waals surface area contributed by atoms with Crippen molar-refractivity contribution in [3.63, 3.8) is 0 Å². The van der Waals surface area contributed by atoms with E-state index in [1.165, 1.54) is 51.6 Å². The largest absolute Gasteiger partial charge is 0.381 e. The molecule has 0 spiro atoms. The maximum Gasteiger partial charge on any atom is 0.0471 e. The summed E-state index contributed by atoms with van der Waals surface area (Å²) in [5.41, 5.74) is 0.544. The Morgan fingerprint density at radius 3 is 2.55 bits per heavy atom. The van der Waals surface area contributed by atoms with Crippen LogP contribution in [-0.4, -0.2) is 26.3 Å². The van der Waals surface area contributed by atoms with Crippen LogP contribution in [0.15, 0.2) is 0 Å². The van der Waals surface area contributed by atoms with Crippen molar-refractivity contribution in [3.05, 3.63) is 0 Å². The molecule has 20 heavy (non-hydrogen) atoms. The van der Waals surface area contributed by atoms with Gasteiger partial charge < -0.3 is 10.1 Å². The highest BCUT2D eigenvalue weighted by molar-refractivity contribution is 4.95. The second-order valence-electron chi connectivity index (χ2n) is 8.28. The van der Waals surface area contributed by atoms with Crippen LogP contribution in [-0.2, 0) is 4.74 Å². The molecule has 0 aromatic heterocycles. The molecule has 1 aliphatic heterocycles. The van der Waals surface area contributed by atoms with Crippen LogP contribution in [0.1, 0.15) is 58.8 Å². The van der Waals surface area contributed by atoms with Crippen LogP contribution in [0.3, 0.4) is 0 Å². The van der Waals surface area contributed by atoms with Gasteiger partial charge in [0.1, 0.15) is 0 Å². The molecular weight excluding hydrogens is 246 g/mol. The lowest BCUT2D eigenvalue weighted by Gasteiger charge is -2.41. The molecule has 2 heteroatoms. The first kappa shape index (κ1) is 14.8. The van der Waals surface area contributed by atoms with E-state index in [0.717, 1.165) is 36.9 Å². The molecule has 1 N–H and O–H groups in total. The minimum Gasteiger partial charge on any atom is -0.381 e. The maximum atomic E-state index is 5.65. The zero-order valence-electron chi connectivity index (χ0n) is 13.5. The van der Waals surface area contributed by atoms with Crippen molar-refractivity contribution in [2.24, 2.45) is 29.1 Å². The summed E-state index contributed by atoms with van der Waals surface area (Å²) in [6.45, 7) is 8.98. The number of nitrogens with one attached hydrogen (secondary N) is 1. The summed E-state index contributed by atoms with van der Waals surface area (Å²) in [5, 5.41) is 3.76. The third kappa shape index (κ3) is 3.39. The maximum absolute atomic E-state index is 5.65. The van der Waals surface area contributed by atoms with Crippen LogP contribution in [0.5, 0.6) is 0 Å². The van der Waals surface area contributed by atoms with Crippen LogP contribution in [0.4, 0.5) is 0 Å². The fourth-order valence-electron chi connectivity index (χ4n) is 5.07. The normalized spacial score (nSPS) is 35.9. The van der Waals surface area contributed by atoms with Crippen LogP contribution >= 0.6 is 0 Å². The smallest absolute Gasteiger partial charge is 0.0471 e. The van der Waals surface area contributed by atoms with Gasteiger partial charge in [-0.15, -0.1) is 0 Å². The Hall–Kier alpha value is -0.0800. The zero-order chi connectivity index (χ0) is 14.0. The van der Waals surface area contributed by atoms with Crippen LogP contribution < -0.4 is 5.32 Å². The third-order valence-electron chi connectivity index (χ3n) is 6.19. The van der Waals surface area contributed by atoms with Gasteiger partial charge in [0.15, 0.2) is 0 Å². The molecule has 3 aliphatic rings. The van der Waals surface area contributed by atoms with Crippen molar-refractivity contribution in [1.82, 2.24) is 5.32 Å². The molecule has 0 amide bonds. The number of hydrogen-bond donors (Lipinski definition) is 1. The SMILES string of the molecule is CC(C)CNCC1(CC2CC3CCC2C3)CCOCC1. The van der Waals surface area contributed by atoms with Gasteiger partial charge in [0.25, 0.3) is 0 Å². The van der Waals surface area contributed by atoms with Gasteiger partial charge in [-0.05, 0) is 74.2 Å². The van der Waals surface area contributed by atoms with Gasteiger partial charge in [-0.3, -0.25) is 0 Å². The second-order valence-corrected chi connectivity index (χ2v) is 8.28. The molecule has 3 rings (SSSR count). The summed E-state index contributed by atoms with van der Waals surface area (Å²) >= 11 is 0.